The van der Waals surface area contributed by atoms with E-state index in [0.717, 1.165) is 23.0 Å². The zero-order valence-corrected chi connectivity index (χ0v) is 11.9. The number of hydrogen-bond donors (Lipinski definition) is 2. The third-order valence-electron chi connectivity index (χ3n) is 3.95. The Kier molecular flexibility index (Phi) is 3.74. The minimum atomic E-state index is 0.0304. The number of fused-ring (bicyclic) bond motifs is 1. The molecule has 1 aliphatic carbocycles. The van der Waals surface area contributed by atoms with E-state index in [4.69, 9.17) is 10.5 Å². The van der Waals surface area contributed by atoms with Crippen molar-refractivity contribution in [3.05, 3.63) is 36.0 Å². The van der Waals surface area contributed by atoms with Crippen LogP contribution in [0.1, 0.15) is 18.9 Å². The van der Waals surface area contributed by atoms with E-state index in [1.165, 1.54) is 0 Å². The van der Waals surface area contributed by atoms with E-state index in [0.29, 0.717) is 12.2 Å². The summed E-state index contributed by atoms with van der Waals surface area (Å²) in [6, 6.07) is 10.0. The molecule has 5 heteroatoms. The monoisotopic (exact) mass is 282 g/mol. The summed E-state index contributed by atoms with van der Waals surface area (Å²) in [6.07, 6.45) is 2.55. The van der Waals surface area contributed by atoms with Crippen LogP contribution >= 0.6 is 0 Å². The Hall–Kier alpha value is -2.16. The topological polar surface area (TPSA) is 84.0 Å². The van der Waals surface area contributed by atoms with Gasteiger partial charge in [0.05, 0.1) is 28.9 Å². The number of nitrogens with zero attached hydrogens (tertiary/aromatic N) is 2. The van der Waals surface area contributed by atoms with Crippen molar-refractivity contribution in [2.75, 3.05) is 11.9 Å². The number of nitrogens with two attached hydrogens (primary N) is 1. The molecule has 21 heavy (non-hydrogen) atoms. The second-order valence-electron chi connectivity index (χ2n) is 5.24. The fourth-order valence-corrected chi connectivity index (χ4v) is 2.78. The number of hydrogen-bond acceptors (Lipinski definition) is 5. The van der Waals surface area contributed by atoms with Gasteiger partial charge in [-0.05, 0) is 19.4 Å². The number of pyridine rings is 1. The number of ether oxygens (including phenoxy) is 1. The molecule has 1 aromatic carbocycles. The van der Waals surface area contributed by atoms with E-state index in [2.05, 4.69) is 16.4 Å². The van der Waals surface area contributed by atoms with Crippen molar-refractivity contribution >= 4 is 16.6 Å². The smallest absolute Gasteiger partial charge is 0.103 e. The van der Waals surface area contributed by atoms with Crippen LogP contribution in [0.25, 0.3) is 10.9 Å². The number of rotatable bonds is 4. The van der Waals surface area contributed by atoms with Gasteiger partial charge in [-0.1, -0.05) is 18.2 Å². The number of nitriles is 1. The first kappa shape index (κ1) is 13.8. The van der Waals surface area contributed by atoms with Gasteiger partial charge >= 0.3 is 0 Å². The molecule has 1 aliphatic rings. The Morgan fingerprint density at radius 3 is 3.00 bits per heavy atom. The fraction of sp³-hybridized carbons (Fsp3) is 0.375. The summed E-state index contributed by atoms with van der Waals surface area (Å²) in [7, 11) is 0. The second kappa shape index (κ2) is 5.68. The second-order valence-corrected chi connectivity index (χ2v) is 5.24. The standard InChI is InChI=1S/C16H18N4O/c1-2-21-14-7-12(18)16(14)20-15-10(8-17)9-19-13-6-4-3-5-11(13)15/h3-6,9,12,14,16H,2,7,18H2,1H3,(H,19,20). The maximum Gasteiger partial charge on any atom is 0.103 e. The lowest BCUT2D eigenvalue weighted by Gasteiger charge is -2.43. The SMILES string of the molecule is CCOC1CC(N)C1Nc1c(C#N)cnc2ccccc12. The van der Waals surface area contributed by atoms with Crippen LogP contribution in [0.5, 0.6) is 0 Å². The summed E-state index contributed by atoms with van der Waals surface area (Å²) in [6.45, 7) is 2.64. The molecular formula is C16H18N4O. The zero-order valence-electron chi connectivity index (χ0n) is 11.9. The summed E-state index contributed by atoms with van der Waals surface area (Å²) in [4.78, 5) is 4.31. The van der Waals surface area contributed by atoms with Crippen molar-refractivity contribution in [2.24, 2.45) is 5.73 Å². The summed E-state index contributed by atoms with van der Waals surface area (Å²) in [5.41, 5.74) is 8.28. The number of benzene rings is 1. The highest BCUT2D eigenvalue weighted by atomic mass is 16.5. The summed E-state index contributed by atoms with van der Waals surface area (Å²) >= 11 is 0. The third-order valence-corrected chi connectivity index (χ3v) is 3.95. The predicted octanol–water partition coefficient (Wildman–Crippen LogP) is 2.02. The first-order chi connectivity index (χ1) is 10.2. The summed E-state index contributed by atoms with van der Waals surface area (Å²) < 4.78 is 5.68. The van der Waals surface area contributed by atoms with Crippen LogP contribution in [-0.4, -0.2) is 29.8 Å². The fourth-order valence-electron chi connectivity index (χ4n) is 2.78. The molecule has 0 radical (unpaired) electrons. The van der Waals surface area contributed by atoms with E-state index in [9.17, 15) is 5.26 Å². The van der Waals surface area contributed by atoms with E-state index >= 15 is 0 Å². The highest BCUT2D eigenvalue weighted by Crippen LogP contribution is 2.31. The maximum absolute atomic E-state index is 9.32. The highest BCUT2D eigenvalue weighted by Gasteiger charge is 2.39. The van der Waals surface area contributed by atoms with Crippen LogP contribution in [0.4, 0.5) is 5.69 Å². The number of nitrogens with one attached hydrogen (secondary N) is 1. The normalized spacial score (nSPS) is 24.3. The minimum Gasteiger partial charge on any atom is -0.376 e. The third kappa shape index (κ3) is 2.44. The minimum absolute atomic E-state index is 0.0304. The highest BCUT2D eigenvalue weighted by molar-refractivity contribution is 5.94. The number of anilines is 1. The van der Waals surface area contributed by atoms with Gasteiger partial charge in [0.2, 0.25) is 0 Å². The van der Waals surface area contributed by atoms with Crippen LogP contribution in [0.2, 0.25) is 0 Å². The Balaban J connectivity index is 1.97. The molecule has 0 amide bonds. The predicted molar refractivity (Wildman–Crippen MR) is 81.9 cm³/mol. The molecule has 0 aliphatic heterocycles. The van der Waals surface area contributed by atoms with E-state index < -0.39 is 0 Å². The molecule has 3 unspecified atom stereocenters. The lowest BCUT2D eigenvalue weighted by Crippen LogP contribution is -2.60. The molecule has 1 fully saturated rings. The molecule has 2 aromatic rings. The van der Waals surface area contributed by atoms with Gasteiger partial charge in [-0.3, -0.25) is 4.98 Å². The van der Waals surface area contributed by atoms with Crippen molar-refractivity contribution in [2.45, 2.75) is 31.5 Å². The zero-order chi connectivity index (χ0) is 14.8. The van der Waals surface area contributed by atoms with Crippen molar-refractivity contribution in [1.82, 2.24) is 4.98 Å². The largest absolute Gasteiger partial charge is 0.376 e. The first-order valence-electron chi connectivity index (χ1n) is 7.16. The number of aromatic nitrogens is 1. The van der Waals surface area contributed by atoms with Gasteiger partial charge in [-0.15, -0.1) is 0 Å². The Labute approximate surface area is 123 Å². The van der Waals surface area contributed by atoms with Crippen molar-refractivity contribution in [3.8, 4) is 6.07 Å². The van der Waals surface area contributed by atoms with Crippen molar-refractivity contribution in [1.29, 1.82) is 5.26 Å². The van der Waals surface area contributed by atoms with Crippen LogP contribution in [0.3, 0.4) is 0 Å². The lowest BCUT2D eigenvalue weighted by atomic mass is 9.83. The molecule has 108 valence electrons. The Morgan fingerprint density at radius 2 is 2.29 bits per heavy atom. The van der Waals surface area contributed by atoms with Gasteiger partial charge in [0.15, 0.2) is 0 Å². The molecule has 5 nitrogen and oxygen atoms in total. The molecule has 1 saturated carbocycles. The molecule has 3 N–H and O–H groups in total. The van der Waals surface area contributed by atoms with Crippen LogP contribution in [0.15, 0.2) is 30.5 Å². The van der Waals surface area contributed by atoms with E-state index in [-0.39, 0.29) is 18.2 Å². The van der Waals surface area contributed by atoms with Crippen LogP contribution in [0, 0.1) is 11.3 Å². The van der Waals surface area contributed by atoms with Gasteiger partial charge < -0.3 is 15.8 Å². The van der Waals surface area contributed by atoms with Crippen molar-refractivity contribution < 1.29 is 4.74 Å². The van der Waals surface area contributed by atoms with Gasteiger partial charge in [0.1, 0.15) is 6.07 Å². The Bertz CT molecular complexity index is 692. The average molecular weight is 282 g/mol. The molecule has 0 bridgehead atoms. The molecule has 0 spiro atoms. The average Bonchev–Trinajstić information content (AvgIpc) is 2.52. The quantitative estimate of drug-likeness (QED) is 0.896. The summed E-state index contributed by atoms with van der Waals surface area (Å²) in [5, 5.41) is 13.7. The van der Waals surface area contributed by atoms with E-state index in [1.54, 1.807) is 6.20 Å². The van der Waals surface area contributed by atoms with Crippen molar-refractivity contribution in [3.63, 3.8) is 0 Å². The van der Waals surface area contributed by atoms with Gasteiger partial charge in [0, 0.05) is 24.2 Å². The Morgan fingerprint density at radius 1 is 1.48 bits per heavy atom. The lowest BCUT2D eigenvalue weighted by molar-refractivity contribution is -0.0125. The molecule has 3 rings (SSSR count). The first-order valence-corrected chi connectivity index (χ1v) is 7.16. The van der Waals surface area contributed by atoms with E-state index in [1.807, 2.05) is 31.2 Å². The van der Waals surface area contributed by atoms with Crippen LogP contribution in [-0.2, 0) is 4.74 Å². The van der Waals surface area contributed by atoms with Gasteiger partial charge in [0.25, 0.3) is 0 Å². The van der Waals surface area contributed by atoms with Gasteiger partial charge in [-0.2, -0.15) is 5.26 Å². The molecule has 0 saturated heterocycles. The summed E-state index contributed by atoms with van der Waals surface area (Å²) in [5.74, 6) is 0. The molecule has 1 aromatic heterocycles. The van der Waals surface area contributed by atoms with Gasteiger partial charge in [-0.25, -0.2) is 0 Å². The van der Waals surface area contributed by atoms with Crippen LogP contribution < -0.4 is 11.1 Å². The molecule has 3 atom stereocenters. The molecular weight excluding hydrogens is 264 g/mol. The maximum atomic E-state index is 9.32. The molecule has 1 heterocycles. The number of para-hydroxylation sites is 1.